The standard InChI is InChI=1S/C13H16N2O5S/c1-8-2-10(13(17)18)5-11(3-8)15-6-9(4-12(15)16)7-21(14,19)20/h2-3,5,9H,4,6-7H2,1H3,(H,17,18)(H2,14,19,20). The minimum atomic E-state index is -3.64. The Bertz CT molecular complexity index is 699. The number of carbonyl (C=O) groups excluding carboxylic acids is 1. The maximum absolute atomic E-state index is 12.0. The maximum Gasteiger partial charge on any atom is 0.335 e. The highest BCUT2D eigenvalue weighted by Crippen LogP contribution is 2.27. The van der Waals surface area contributed by atoms with Gasteiger partial charge in [-0.15, -0.1) is 0 Å². The number of aryl methyl sites for hydroxylation is 1. The molecule has 114 valence electrons. The Balaban J connectivity index is 2.27. The van der Waals surface area contributed by atoms with Crippen molar-refractivity contribution in [1.82, 2.24) is 0 Å². The number of aromatic carboxylic acids is 1. The molecule has 2 rings (SSSR count). The summed E-state index contributed by atoms with van der Waals surface area (Å²) in [4.78, 5) is 24.5. The van der Waals surface area contributed by atoms with Crippen LogP contribution in [0.2, 0.25) is 0 Å². The van der Waals surface area contributed by atoms with E-state index in [1.54, 1.807) is 13.0 Å². The van der Waals surface area contributed by atoms with E-state index in [1.165, 1.54) is 17.0 Å². The van der Waals surface area contributed by atoms with Crippen LogP contribution in [0.4, 0.5) is 5.69 Å². The molecule has 0 aromatic heterocycles. The molecular weight excluding hydrogens is 296 g/mol. The van der Waals surface area contributed by atoms with Crippen molar-refractivity contribution in [3.63, 3.8) is 0 Å². The van der Waals surface area contributed by atoms with Gasteiger partial charge in [0.15, 0.2) is 0 Å². The Labute approximate surface area is 122 Å². The summed E-state index contributed by atoms with van der Waals surface area (Å²) in [5, 5.41) is 14.0. The fourth-order valence-corrected chi connectivity index (χ4v) is 3.39. The molecule has 1 heterocycles. The molecule has 0 spiro atoms. The molecule has 0 saturated carbocycles. The number of anilines is 1. The topological polar surface area (TPSA) is 118 Å². The fourth-order valence-electron chi connectivity index (χ4n) is 2.51. The van der Waals surface area contributed by atoms with Crippen molar-refractivity contribution in [3.05, 3.63) is 29.3 Å². The number of sulfonamides is 1. The van der Waals surface area contributed by atoms with Crippen molar-refractivity contribution in [2.24, 2.45) is 11.1 Å². The predicted molar refractivity (Wildman–Crippen MR) is 76.6 cm³/mol. The monoisotopic (exact) mass is 312 g/mol. The number of benzene rings is 1. The van der Waals surface area contributed by atoms with Crippen LogP contribution in [-0.2, 0) is 14.8 Å². The van der Waals surface area contributed by atoms with Crippen molar-refractivity contribution >= 4 is 27.6 Å². The third-order valence-corrected chi connectivity index (χ3v) is 4.23. The van der Waals surface area contributed by atoms with E-state index in [0.29, 0.717) is 11.3 Å². The van der Waals surface area contributed by atoms with Crippen LogP contribution in [0.3, 0.4) is 0 Å². The lowest BCUT2D eigenvalue weighted by molar-refractivity contribution is -0.117. The molecule has 7 nitrogen and oxygen atoms in total. The van der Waals surface area contributed by atoms with Gasteiger partial charge in [0.05, 0.1) is 11.3 Å². The van der Waals surface area contributed by atoms with Crippen LogP contribution in [-0.4, -0.2) is 37.7 Å². The summed E-state index contributed by atoms with van der Waals surface area (Å²) in [6.07, 6.45) is 0.0901. The van der Waals surface area contributed by atoms with Gasteiger partial charge in [0.1, 0.15) is 0 Å². The number of carboxylic acid groups (broad SMARTS) is 1. The van der Waals surface area contributed by atoms with Gasteiger partial charge in [-0.3, -0.25) is 4.79 Å². The second kappa shape index (κ2) is 5.45. The average Bonchev–Trinajstić information content (AvgIpc) is 2.66. The lowest BCUT2D eigenvalue weighted by atomic mass is 10.1. The van der Waals surface area contributed by atoms with Crippen LogP contribution in [0, 0.1) is 12.8 Å². The Kier molecular flexibility index (Phi) is 4.02. The Hall–Kier alpha value is -1.93. The summed E-state index contributed by atoms with van der Waals surface area (Å²) in [5.41, 5.74) is 1.27. The van der Waals surface area contributed by atoms with Crippen molar-refractivity contribution in [2.45, 2.75) is 13.3 Å². The predicted octanol–water partition coefficient (Wildman–Crippen LogP) is 0.335. The molecule has 21 heavy (non-hydrogen) atoms. The molecule has 0 aliphatic carbocycles. The third-order valence-electron chi connectivity index (χ3n) is 3.29. The summed E-state index contributed by atoms with van der Waals surface area (Å²) in [6.45, 7) is 1.95. The van der Waals surface area contributed by atoms with Crippen molar-refractivity contribution in [2.75, 3.05) is 17.2 Å². The molecule has 1 aliphatic rings. The van der Waals surface area contributed by atoms with Crippen molar-refractivity contribution in [1.29, 1.82) is 0 Å². The van der Waals surface area contributed by atoms with Crippen LogP contribution >= 0.6 is 0 Å². The largest absolute Gasteiger partial charge is 0.478 e. The number of nitrogens with zero attached hydrogens (tertiary/aromatic N) is 1. The average molecular weight is 312 g/mol. The maximum atomic E-state index is 12.0. The van der Waals surface area contributed by atoms with E-state index in [-0.39, 0.29) is 36.1 Å². The summed E-state index contributed by atoms with van der Waals surface area (Å²) in [5.74, 6) is -1.94. The zero-order chi connectivity index (χ0) is 15.8. The van der Waals surface area contributed by atoms with E-state index >= 15 is 0 Å². The van der Waals surface area contributed by atoms with Gasteiger partial charge in [0.2, 0.25) is 15.9 Å². The second-order valence-corrected chi connectivity index (χ2v) is 6.93. The highest BCUT2D eigenvalue weighted by atomic mass is 32.2. The zero-order valence-corrected chi connectivity index (χ0v) is 12.3. The van der Waals surface area contributed by atoms with Crippen molar-refractivity contribution in [3.8, 4) is 0 Å². The normalized spacial score (nSPS) is 19.0. The van der Waals surface area contributed by atoms with Gasteiger partial charge in [-0.2, -0.15) is 0 Å². The van der Waals surface area contributed by atoms with E-state index in [2.05, 4.69) is 0 Å². The van der Waals surface area contributed by atoms with E-state index in [4.69, 9.17) is 10.2 Å². The Morgan fingerprint density at radius 3 is 2.67 bits per heavy atom. The van der Waals surface area contributed by atoms with Gasteiger partial charge in [-0.05, 0) is 30.7 Å². The molecule has 8 heteroatoms. The number of hydrogen-bond donors (Lipinski definition) is 2. The highest BCUT2D eigenvalue weighted by molar-refractivity contribution is 7.89. The van der Waals surface area contributed by atoms with Gasteiger partial charge in [0.25, 0.3) is 0 Å². The quantitative estimate of drug-likeness (QED) is 0.831. The Morgan fingerprint density at radius 2 is 2.10 bits per heavy atom. The minimum absolute atomic E-state index is 0.0901. The van der Waals surface area contributed by atoms with E-state index < -0.39 is 16.0 Å². The van der Waals surface area contributed by atoms with Crippen LogP contribution in [0.25, 0.3) is 0 Å². The summed E-state index contributed by atoms with van der Waals surface area (Å²) in [7, 11) is -3.64. The highest BCUT2D eigenvalue weighted by Gasteiger charge is 2.33. The van der Waals surface area contributed by atoms with E-state index in [9.17, 15) is 18.0 Å². The first-order valence-electron chi connectivity index (χ1n) is 6.31. The molecule has 1 aromatic rings. The number of rotatable bonds is 4. The van der Waals surface area contributed by atoms with Crippen LogP contribution in [0.5, 0.6) is 0 Å². The van der Waals surface area contributed by atoms with Gasteiger partial charge < -0.3 is 10.0 Å². The molecule has 0 radical (unpaired) electrons. The first-order valence-corrected chi connectivity index (χ1v) is 8.03. The minimum Gasteiger partial charge on any atom is -0.478 e. The zero-order valence-electron chi connectivity index (χ0n) is 11.4. The number of amides is 1. The van der Waals surface area contributed by atoms with E-state index in [0.717, 1.165) is 0 Å². The molecule has 1 aliphatic heterocycles. The fraction of sp³-hybridized carbons (Fsp3) is 0.385. The molecule has 3 N–H and O–H groups in total. The van der Waals surface area contributed by atoms with Gasteiger partial charge in [-0.1, -0.05) is 0 Å². The van der Waals surface area contributed by atoms with Crippen LogP contribution in [0.1, 0.15) is 22.3 Å². The Morgan fingerprint density at radius 1 is 1.43 bits per heavy atom. The molecule has 0 bridgehead atoms. The van der Waals surface area contributed by atoms with Gasteiger partial charge in [-0.25, -0.2) is 18.4 Å². The number of carboxylic acids is 1. The summed E-state index contributed by atoms with van der Waals surface area (Å²) < 4.78 is 22.2. The molecule has 1 aromatic carbocycles. The smallest absolute Gasteiger partial charge is 0.335 e. The number of primary sulfonamides is 1. The molecule has 1 atom stereocenters. The van der Waals surface area contributed by atoms with E-state index in [1.807, 2.05) is 0 Å². The second-order valence-electron chi connectivity index (χ2n) is 5.27. The number of hydrogen-bond acceptors (Lipinski definition) is 4. The first-order chi connectivity index (χ1) is 9.65. The van der Waals surface area contributed by atoms with Crippen LogP contribution in [0.15, 0.2) is 18.2 Å². The molecule has 1 amide bonds. The number of nitrogens with two attached hydrogens (primary N) is 1. The summed E-state index contributed by atoms with van der Waals surface area (Å²) >= 11 is 0. The number of carbonyl (C=O) groups is 2. The van der Waals surface area contributed by atoms with Crippen molar-refractivity contribution < 1.29 is 23.1 Å². The molecule has 1 saturated heterocycles. The molecule has 1 fully saturated rings. The first kappa shape index (κ1) is 15.5. The third kappa shape index (κ3) is 3.79. The lowest BCUT2D eigenvalue weighted by Gasteiger charge is -2.18. The van der Waals surface area contributed by atoms with Gasteiger partial charge in [0, 0.05) is 24.6 Å². The SMILES string of the molecule is Cc1cc(C(=O)O)cc(N2CC(CS(N)(=O)=O)CC2=O)c1. The van der Waals surface area contributed by atoms with Gasteiger partial charge >= 0.3 is 5.97 Å². The van der Waals surface area contributed by atoms with Crippen LogP contribution < -0.4 is 10.0 Å². The summed E-state index contributed by atoms with van der Waals surface area (Å²) in [6, 6.07) is 4.62. The molecular formula is C13H16N2O5S. The lowest BCUT2D eigenvalue weighted by Crippen LogP contribution is -2.27. The molecule has 1 unspecified atom stereocenters.